The molecular formula is C16H18N8S2. The third-order valence-electron chi connectivity index (χ3n) is 3.73. The van der Waals surface area contributed by atoms with Crippen LogP contribution in [0.4, 0.5) is 22.7 Å². The minimum atomic E-state index is 0.194. The molecule has 1 aliphatic carbocycles. The van der Waals surface area contributed by atoms with Crippen LogP contribution in [0.1, 0.15) is 24.2 Å². The van der Waals surface area contributed by atoms with Gasteiger partial charge >= 0.3 is 0 Å². The second-order valence-corrected chi connectivity index (χ2v) is 8.15. The highest BCUT2D eigenvalue weighted by atomic mass is 32.2. The van der Waals surface area contributed by atoms with Crippen LogP contribution < -0.4 is 16.4 Å². The minimum Gasteiger partial charge on any atom is -0.368 e. The predicted molar refractivity (Wildman–Crippen MR) is 105 cm³/mol. The van der Waals surface area contributed by atoms with Crippen LogP contribution in [0.25, 0.3) is 0 Å². The lowest BCUT2D eigenvalue weighted by atomic mass is 10.2. The Morgan fingerprint density at radius 3 is 2.85 bits per heavy atom. The molecule has 8 nitrogen and oxygen atoms in total. The Bertz CT molecular complexity index is 909. The Labute approximate surface area is 159 Å². The molecule has 1 aliphatic rings. The van der Waals surface area contributed by atoms with Gasteiger partial charge in [0.2, 0.25) is 17.0 Å². The van der Waals surface area contributed by atoms with Crippen molar-refractivity contribution in [3.05, 3.63) is 35.7 Å². The standard InChI is InChI=1S/C16H18N8S2/c1-9-4-2-3-5-11(9)19-14-21-12(20-13(17)22-14)8-25-16-24-23-15(26-16)18-10-6-7-10/h2-5,10H,6-8H2,1H3,(H,18,23)(H3,17,19,20,21,22). The molecule has 0 atom stereocenters. The van der Waals surface area contributed by atoms with Crippen molar-refractivity contribution < 1.29 is 0 Å². The number of nitrogens with two attached hydrogens (primary N) is 1. The molecule has 10 heteroatoms. The molecule has 2 heterocycles. The van der Waals surface area contributed by atoms with Gasteiger partial charge in [0.15, 0.2) is 4.34 Å². The number of para-hydroxylation sites is 1. The van der Waals surface area contributed by atoms with E-state index in [1.807, 2.05) is 31.2 Å². The van der Waals surface area contributed by atoms with Crippen molar-refractivity contribution in [2.75, 3.05) is 16.4 Å². The van der Waals surface area contributed by atoms with Crippen LogP contribution in [0.15, 0.2) is 28.6 Å². The van der Waals surface area contributed by atoms with Crippen molar-refractivity contribution in [1.82, 2.24) is 25.1 Å². The molecule has 4 N–H and O–H groups in total. The second-order valence-electron chi connectivity index (χ2n) is 5.95. The fourth-order valence-corrected chi connectivity index (χ4v) is 3.93. The summed E-state index contributed by atoms with van der Waals surface area (Å²) < 4.78 is 0.876. The molecule has 0 spiro atoms. The maximum Gasteiger partial charge on any atom is 0.232 e. The molecule has 1 fully saturated rings. The summed E-state index contributed by atoms with van der Waals surface area (Å²) in [4.78, 5) is 12.8. The summed E-state index contributed by atoms with van der Waals surface area (Å²) in [5.74, 6) is 1.79. The first kappa shape index (κ1) is 17.0. The van der Waals surface area contributed by atoms with Crippen molar-refractivity contribution >= 4 is 45.8 Å². The fraction of sp³-hybridized carbons (Fsp3) is 0.312. The minimum absolute atomic E-state index is 0.194. The monoisotopic (exact) mass is 386 g/mol. The first-order chi connectivity index (χ1) is 12.7. The third kappa shape index (κ3) is 4.38. The van der Waals surface area contributed by atoms with Gasteiger partial charge in [-0.15, -0.1) is 10.2 Å². The van der Waals surface area contributed by atoms with E-state index in [9.17, 15) is 0 Å². The van der Waals surface area contributed by atoms with Crippen molar-refractivity contribution in [1.29, 1.82) is 0 Å². The van der Waals surface area contributed by atoms with Crippen LogP contribution in [-0.2, 0) is 5.75 Å². The van der Waals surface area contributed by atoms with E-state index in [0.29, 0.717) is 23.6 Å². The summed E-state index contributed by atoms with van der Waals surface area (Å²) in [5.41, 5.74) is 7.88. The van der Waals surface area contributed by atoms with Crippen LogP contribution >= 0.6 is 23.1 Å². The van der Waals surface area contributed by atoms with Crippen LogP contribution in [0.5, 0.6) is 0 Å². The molecular weight excluding hydrogens is 368 g/mol. The van der Waals surface area contributed by atoms with Gasteiger partial charge in [0.25, 0.3) is 0 Å². The number of nitrogens with zero attached hydrogens (tertiary/aromatic N) is 5. The van der Waals surface area contributed by atoms with Gasteiger partial charge < -0.3 is 16.4 Å². The largest absolute Gasteiger partial charge is 0.368 e. The molecule has 1 saturated carbocycles. The Kier molecular flexibility index (Phi) is 4.85. The van der Waals surface area contributed by atoms with Gasteiger partial charge in [0.1, 0.15) is 5.82 Å². The Morgan fingerprint density at radius 2 is 2.04 bits per heavy atom. The zero-order valence-electron chi connectivity index (χ0n) is 14.1. The summed E-state index contributed by atoms with van der Waals surface area (Å²) in [7, 11) is 0. The van der Waals surface area contributed by atoms with Crippen molar-refractivity contribution in [3.8, 4) is 0 Å². The van der Waals surface area contributed by atoms with Gasteiger partial charge in [0.05, 0.1) is 5.75 Å². The SMILES string of the molecule is Cc1ccccc1Nc1nc(N)nc(CSc2nnc(NC3CC3)s2)n1. The number of benzene rings is 1. The average Bonchev–Trinajstić information content (AvgIpc) is 3.31. The highest BCUT2D eigenvalue weighted by Crippen LogP contribution is 2.31. The zero-order chi connectivity index (χ0) is 17.9. The van der Waals surface area contributed by atoms with Crippen LogP contribution in [0.2, 0.25) is 0 Å². The van der Waals surface area contributed by atoms with E-state index < -0.39 is 0 Å². The lowest BCUT2D eigenvalue weighted by molar-refractivity contribution is 0.972. The fourth-order valence-electron chi connectivity index (χ4n) is 2.25. The average molecular weight is 387 g/mol. The summed E-state index contributed by atoms with van der Waals surface area (Å²) in [5, 5.41) is 15.8. The number of aryl methyl sites for hydroxylation is 1. The van der Waals surface area contributed by atoms with E-state index in [1.54, 1.807) is 11.3 Å². The number of nitrogen functional groups attached to an aromatic ring is 1. The molecule has 134 valence electrons. The van der Waals surface area contributed by atoms with E-state index in [4.69, 9.17) is 5.73 Å². The summed E-state index contributed by atoms with van der Waals surface area (Å²) >= 11 is 3.08. The van der Waals surface area contributed by atoms with Gasteiger partial charge in [-0.3, -0.25) is 0 Å². The van der Waals surface area contributed by atoms with Gasteiger partial charge in [-0.25, -0.2) is 0 Å². The number of hydrogen-bond acceptors (Lipinski definition) is 10. The number of thioether (sulfide) groups is 1. The van der Waals surface area contributed by atoms with Crippen LogP contribution in [0.3, 0.4) is 0 Å². The first-order valence-electron chi connectivity index (χ1n) is 8.21. The van der Waals surface area contributed by atoms with E-state index in [2.05, 4.69) is 35.8 Å². The molecule has 26 heavy (non-hydrogen) atoms. The maximum absolute atomic E-state index is 5.84. The topological polar surface area (TPSA) is 115 Å². The summed E-state index contributed by atoms with van der Waals surface area (Å²) in [6.07, 6.45) is 2.42. The number of nitrogens with one attached hydrogen (secondary N) is 2. The van der Waals surface area contributed by atoms with Crippen molar-refractivity contribution in [2.45, 2.75) is 35.9 Å². The predicted octanol–water partition coefficient (Wildman–Crippen LogP) is 3.22. The van der Waals surface area contributed by atoms with Gasteiger partial charge in [0, 0.05) is 11.7 Å². The van der Waals surface area contributed by atoms with Gasteiger partial charge in [-0.1, -0.05) is 41.3 Å². The lowest BCUT2D eigenvalue weighted by Gasteiger charge is -2.09. The molecule has 4 rings (SSSR count). The molecule has 0 bridgehead atoms. The Balaban J connectivity index is 1.42. The molecule has 0 aliphatic heterocycles. The van der Waals surface area contributed by atoms with E-state index in [-0.39, 0.29) is 5.95 Å². The number of hydrogen-bond donors (Lipinski definition) is 3. The lowest BCUT2D eigenvalue weighted by Crippen LogP contribution is -2.07. The number of rotatable bonds is 7. The zero-order valence-corrected chi connectivity index (χ0v) is 15.8. The quantitative estimate of drug-likeness (QED) is 0.526. The maximum atomic E-state index is 5.84. The van der Waals surface area contributed by atoms with Gasteiger partial charge in [-0.2, -0.15) is 15.0 Å². The molecule has 3 aromatic rings. The smallest absolute Gasteiger partial charge is 0.232 e. The Hall–Kier alpha value is -2.46. The van der Waals surface area contributed by atoms with Crippen molar-refractivity contribution in [3.63, 3.8) is 0 Å². The second kappa shape index (κ2) is 7.42. The first-order valence-corrected chi connectivity index (χ1v) is 10.0. The van der Waals surface area contributed by atoms with Crippen molar-refractivity contribution in [2.24, 2.45) is 0 Å². The van der Waals surface area contributed by atoms with Crippen LogP contribution in [-0.4, -0.2) is 31.2 Å². The van der Waals surface area contributed by atoms with E-state index >= 15 is 0 Å². The molecule has 0 saturated heterocycles. The highest BCUT2D eigenvalue weighted by molar-refractivity contribution is 8.00. The highest BCUT2D eigenvalue weighted by Gasteiger charge is 2.22. The Morgan fingerprint density at radius 1 is 1.19 bits per heavy atom. The number of anilines is 4. The summed E-state index contributed by atoms with van der Waals surface area (Å²) in [6, 6.07) is 8.50. The molecule has 0 amide bonds. The molecule has 0 radical (unpaired) electrons. The van der Waals surface area contributed by atoms with E-state index in [1.165, 1.54) is 24.6 Å². The van der Waals surface area contributed by atoms with Crippen LogP contribution in [0, 0.1) is 6.92 Å². The van der Waals surface area contributed by atoms with Gasteiger partial charge in [-0.05, 0) is 31.4 Å². The summed E-state index contributed by atoms with van der Waals surface area (Å²) in [6.45, 7) is 2.02. The normalized spacial score (nSPS) is 13.6. The molecule has 0 unspecified atom stereocenters. The molecule has 1 aromatic carbocycles. The molecule has 2 aromatic heterocycles. The van der Waals surface area contributed by atoms with E-state index in [0.717, 1.165) is 20.7 Å². The number of aromatic nitrogens is 5. The third-order valence-corrected chi connectivity index (χ3v) is 5.71.